The van der Waals surface area contributed by atoms with Crippen LogP contribution < -0.4 is 0 Å². The van der Waals surface area contributed by atoms with Gasteiger partial charge in [0.1, 0.15) is 6.10 Å². The average Bonchev–Trinajstić information content (AvgIpc) is 1.83. The predicted octanol–water partition coefficient (Wildman–Crippen LogP) is 0.778. The highest BCUT2D eigenvalue weighted by atomic mass is 16.3. The van der Waals surface area contributed by atoms with Crippen LogP contribution in [-0.2, 0) is 0 Å². The highest BCUT2D eigenvalue weighted by molar-refractivity contribution is 5.01. The van der Waals surface area contributed by atoms with E-state index in [9.17, 15) is 5.11 Å². The molecule has 0 radical (unpaired) electrons. The van der Waals surface area contributed by atoms with Crippen LogP contribution in [0.1, 0.15) is 27.2 Å². The van der Waals surface area contributed by atoms with Crippen LogP contribution in [0.15, 0.2) is 0 Å². The van der Waals surface area contributed by atoms with E-state index in [1.54, 1.807) is 6.92 Å². The fourth-order valence-corrected chi connectivity index (χ4v) is 1.10. The van der Waals surface area contributed by atoms with Crippen LogP contribution in [0.3, 0.4) is 0 Å². The summed E-state index contributed by atoms with van der Waals surface area (Å²) in [6, 6.07) is 0. The second kappa shape index (κ2) is 3.75. The molecule has 0 aliphatic heterocycles. The second-order valence-corrected chi connectivity index (χ2v) is 3.61. The van der Waals surface area contributed by atoms with E-state index in [-0.39, 0.29) is 0 Å². The van der Waals surface area contributed by atoms with Gasteiger partial charge >= 0.3 is 0 Å². The Balaban J connectivity index is 4.12. The highest BCUT2D eigenvalue weighted by Gasteiger charge is 2.27. The minimum absolute atomic E-state index is 0.400. The van der Waals surface area contributed by atoms with Crippen LogP contribution in [0.4, 0.5) is 0 Å². The van der Waals surface area contributed by atoms with Gasteiger partial charge in [-0.3, -0.25) is 0 Å². The van der Waals surface area contributed by atoms with Crippen LogP contribution in [0, 0.1) is 17.8 Å². The molecule has 2 heteroatoms. The number of rotatable bonds is 3. The summed E-state index contributed by atoms with van der Waals surface area (Å²) >= 11 is 0. The Morgan fingerprint density at radius 3 is 2.18 bits per heavy atom. The average molecular weight is 156 g/mol. The molecular formula is C9H16O2. The van der Waals surface area contributed by atoms with Gasteiger partial charge in [0.05, 0.1) is 6.10 Å². The summed E-state index contributed by atoms with van der Waals surface area (Å²) in [5.41, 5.74) is -0.400. The highest BCUT2D eigenvalue weighted by Crippen LogP contribution is 2.26. The molecule has 11 heavy (non-hydrogen) atoms. The number of hydrogen-bond donors (Lipinski definition) is 2. The summed E-state index contributed by atoms with van der Waals surface area (Å²) in [6.07, 6.45) is 4.36. The van der Waals surface area contributed by atoms with E-state index in [0.717, 1.165) is 0 Å². The SMILES string of the molecule is C#CC(O)C(C)(C)CC(C)O. The van der Waals surface area contributed by atoms with Gasteiger partial charge in [-0.2, -0.15) is 0 Å². The summed E-state index contributed by atoms with van der Waals surface area (Å²) in [5, 5.41) is 18.3. The minimum atomic E-state index is -0.780. The van der Waals surface area contributed by atoms with E-state index in [1.807, 2.05) is 13.8 Å². The largest absolute Gasteiger partial charge is 0.393 e. The van der Waals surface area contributed by atoms with Crippen LogP contribution in [0.5, 0.6) is 0 Å². The van der Waals surface area contributed by atoms with Crippen molar-refractivity contribution in [3.63, 3.8) is 0 Å². The summed E-state index contributed by atoms with van der Waals surface area (Å²) in [6.45, 7) is 5.36. The Morgan fingerprint density at radius 2 is 1.91 bits per heavy atom. The number of terminal acetylenes is 1. The molecular weight excluding hydrogens is 140 g/mol. The second-order valence-electron chi connectivity index (χ2n) is 3.61. The summed E-state index contributed by atoms with van der Waals surface area (Å²) in [7, 11) is 0. The molecule has 0 aliphatic carbocycles. The Bertz CT molecular complexity index is 153. The first-order valence-electron chi connectivity index (χ1n) is 3.72. The molecule has 2 unspecified atom stereocenters. The Labute approximate surface area is 68.2 Å². The lowest BCUT2D eigenvalue weighted by Crippen LogP contribution is -2.31. The Kier molecular flexibility index (Phi) is 3.57. The number of aliphatic hydroxyl groups is 2. The molecule has 0 bridgehead atoms. The molecule has 0 saturated heterocycles. The van der Waals surface area contributed by atoms with Crippen molar-refractivity contribution >= 4 is 0 Å². The topological polar surface area (TPSA) is 40.5 Å². The molecule has 0 rings (SSSR count). The third-order valence-corrected chi connectivity index (χ3v) is 1.72. The molecule has 0 fully saturated rings. The van der Waals surface area contributed by atoms with Gasteiger partial charge in [0.2, 0.25) is 0 Å². The molecule has 0 saturated carbocycles. The van der Waals surface area contributed by atoms with E-state index in [2.05, 4.69) is 5.92 Å². The lowest BCUT2D eigenvalue weighted by atomic mass is 9.82. The Morgan fingerprint density at radius 1 is 1.45 bits per heavy atom. The van der Waals surface area contributed by atoms with Gasteiger partial charge < -0.3 is 10.2 Å². The lowest BCUT2D eigenvalue weighted by Gasteiger charge is -2.28. The van der Waals surface area contributed by atoms with E-state index < -0.39 is 17.6 Å². The Hall–Kier alpha value is -0.520. The molecule has 2 N–H and O–H groups in total. The van der Waals surface area contributed by atoms with Crippen molar-refractivity contribution < 1.29 is 10.2 Å². The fourth-order valence-electron chi connectivity index (χ4n) is 1.10. The first-order valence-corrected chi connectivity index (χ1v) is 3.72. The molecule has 0 aromatic rings. The zero-order valence-electron chi connectivity index (χ0n) is 7.33. The first-order chi connectivity index (χ1) is 4.90. The van der Waals surface area contributed by atoms with Crippen LogP contribution >= 0.6 is 0 Å². The van der Waals surface area contributed by atoms with Gasteiger partial charge in [0.25, 0.3) is 0 Å². The van der Waals surface area contributed by atoms with Crippen molar-refractivity contribution in [3.8, 4) is 12.3 Å². The van der Waals surface area contributed by atoms with Crippen molar-refractivity contribution in [1.29, 1.82) is 0 Å². The molecule has 0 amide bonds. The monoisotopic (exact) mass is 156 g/mol. The van der Waals surface area contributed by atoms with Crippen molar-refractivity contribution in [2.24, 2.45) is 5.41 Å². The van der Waals surface area contributed by atoms with E-state index in [4.69, 9.17) is 11.5 Å². The maximum absolute atomic E-state index is 9.29. The molecule has 2 nitrogen and oxygen atoms in total. The normalized spacial score (nSPS) is 17.1. The smallest absolute Gasteiger partial charge is 0.119 e. The summed E-state index contributed by atoms with van der Waals surface area (Å²) in [4.78, 5) is 0. The van der Waals surface area contributed by atoms with E-state index in [1.165, 1.54) is 0 Å². The van der Waals surface area contributed by atoms with E-state index >= 15 is 0 Å². The van der Waals surface area contributed by atoms with Crippen molar-refractivity contribution in [1.82, 2.24) is 0 Å². The van der Waals surface area contributed by atoms with Crippen molar-refractivity contribution in [2.75, 3.05) is 0 Å². The van der Waals surface area contributed by atoms with Crippen LogP contribution in [0.2, 0.25) is 0 Å². The standard InChI is InChI=1S/C9H16O2/c1-5-8(11)9(3,4)6-7(2)10/h1,7-8,10-11H,6H2,2-4H3. The quantitative estimate of drug-likeness (QED) is 0.593. The maximum atomic E-state index is 9.29. The molecule has 0 heterocycles. The molecule has 64 valence electrons. The third-order valence-electron chi connectivity index (χ3n) is 1.72. The molecule has 0 spiro atoms. The minimum Gasteiger partial charge on any atom is -0.393 e. The van der Waals surface area contributed by atoms with Gasteiger partial charge in [0.15, 0.2) is 0 Å². The van der Waals surface area contributed by atoms with Gasteiger partial charge in [-0.1, -0.05) is 19.8 Å². The van der Waals surface area contributed by atoms with Gasteiger partial charge in [0, 0.05) is 5.41 Å². The third kappa shape index (κ3) is 3.41. The van der Waals surface area contributed by atoms with Crippen molar-refractivity contribution in [2.45, 2.75) is 39.4 Å². The molecule has 2 atom stereocenters. The summed E-state index contributed by atoms with van der Waals surface area (Å²) < 4.78 is 0. The number of aliphatic hydroxyl groups excluding tert-OH is 2. The van der Waals surface area contributed by atoms with E-state index in [0.29, 0.717) is 6.42 Å². The van der Waals surface area contributed by atoms with Crippen molar-refractivity contribution in [3.05, 3.63) is 0 Å². The zero-order chi connectivity index (χ0) is 9.07. The lowest BCUT2D eigenvalue weighted by molar-refractivity contribution is 0.0470. The van der Waals surface area contributed by atoms with Gasteiger partial charge in [-0.05, 0) is 13.3 Å². The maximum Gasteiger partial charge on any atom is 0.119 e. The fraction of sp³-hybridized carbons (Fsp3) is 0.778. The van der Waals surface area contributed by atoms with Gasteiger partial charge in [-0.15, -0.1) is 6.42 Å². The molecule has 0 aliphatic rings. The van der Waals surface area contributed by atoms with Gasteiger partial charge in [-0.25, -0.2) is 0 Å². The van der Waals surface area contributed by atoms with Crippen LogP contribution in [-0.4, -0.2) is 22.4 Å². The first kappa shape index (κ1) is 10.5. The molecule has 0 aromatic carbocycles. The molecule has 0 aromatic heterocycles. The zero-order valence-corrected chi connectivity index (χ0v) is 7.33. The van der Waals surface area contributed by atoms with Crippen LogP contribution in [0.25, 0.3) is 0 Å². The summed E-state index contributed by atoms with van der Waals surface area (Å²) in [5.74, 6) is 2.26. The predicted molar refractivity (Wildman–Crippen MR) is 44.9 cm³/mol. The number of hydrogen-bond acceptors (Lipinski definition) is 2.